The molecule has 0 bridgehead atoms. The number of nitrogens with zero attached hydrogens (tertiary/aromatic N) is 1. The smallest absolute Gasteiger partial charge is 0.387 e. The van der Waals surface area contributed by atoms with Crippen LogP contribution in [0.25, 0.3) is 0 Å². The van der Waals surface area contributed by atoms with E-state index in [-0.39, 0.29) is 5.92 Å². The molecule has 1 fully saturated rings. The number of likely N-dealkylation sites (tertiary alicyclic amines) is 1. The molecule has 0 aromatic heterocycles. The number of amides is 1. The number of rotatable bonds is 13. The molecule has 0 radical (unpaired) electrons. The molecule has 0 N–H and O–H groups in total. The predicted molar refractivity (Wildman–Crippen MR) is 142 cm³/mol. The molecule has 3 rings (SSSR count). The summed E-state index contributed by atoms with van der Waals surface area (Å²) in [5.74, 6) is -2.32. The first kappa shape index (κ1) is 27.8. The van der Waals surface area contributed by atoms with Gasteiger partial charge in [0, 0.05) is 17.8 Å². The number of hydrogen-bond acceptors (Lipinski definition) is 4. The third-order valence-corrected chi connectivity index (χ3v) is 8.10. The second kappa shape index (κ2) is 12.4. The van der Waals surface area contributed by atoms with Gasteiger partial charge in [-0.2, -0.15) is 0 Å². The Morgan fingerprint density at radius 1 is 0.889 bits per heavy atom. The molecule has 2 unspecified atom stereocenters. The van der Waals surface area contributed by atoms with Gasteiger partial charge in [-0.25, -0.2) is 9.28 Å². The number of aryl methyl sites for hydroxylation is 1. The number of unbranched alkanes of at least 4 members (excludes halogenated alkanes) is 4. The number of ketones is 1. The normalized spacial score (nSPS) is 21.9. The lowest BCUT2D eigenvalue weighted by atomic mass is 9.84. The first-order chi connectivity index (χ1) is 17.2. The molecular formula is C31H41NO4. The zero-order chi connectivity index (χ0) is 26.2. The number of carbonyl (C=O) groups is 3. The molecular weight excluding hydrogens is 450 g/mol. The lowest BCUT2D eigenvalue weighted by molar-refractivity contribution is -0.310. The minimum atomic E-state index is -1.25. The van der Waals surface area contributed by atoms with Gasteiger partial charge in [0.2, 0.25) is 0 Å². The van der Waals surface area contributed by atoms with E-state index < -0.39 is 33.6 Å². The van der Waals surface area contributed by atoms with Gasteiger partial charge < -0.3 is 9.90 Å². The zero-order valence-electron chi connectivity index (χ0n) is 22.1. The molecule has 0 spiro atoms. The van der Waals surface area contributed by atoms with Crippen LogP contribution in [0.15, 0.2) is 60.7 Å². The molecule has 1 amide bonds. The number of quaternary nitrogens is 1. The minimum absolute atomic E-state index is 0.0545. The molecule has 2 aromatic carbocycles. The van der Waals surface area contributed by atoms with Gasteiger partial charge >= 0.3 is 5.91 Å². The van der Waals surface area contributed by atoms with E-state index in [1.807, 2.05) is 19.1 Å². The maximum absolute atomic E-state index is 13.8. The number of carbonyl (C=O) groups excluding carboxylic acids is 3. The van der Waals surface area contributed by atoms with Crippen LogP contribution in [0.3, 0.4) is 0 Å². The summed E-state index contributed by atoms with van der Waals surface area (Å²) in [5, 5.41) is 12.4. The standard InChI is InChI=1S/C31H41NO4/c1-4-31(2,3)28(33)29(34)32(26-20-14-9-15-21-26)23-25(22-27(32)30(35)36)19-11-7-5-6-10-16-24-17-12-8-13-18-24/h8-9,12-15,17-18,20-21,25,27H,4-7,10-11,16,19,22-23H2,1-3H3/t25?,27-,32?/m0/s1. The van der Waals surface area contributed by atoms with E-state index in [1.165, 1.54) is 12.0 Å². The molecule has 36 heavy (non-hydrogen) atoms. The summed E-state index contributed by atoms with van der Waals surface area (Å²) in [6.07, 6.45) is 8.38. The van der Waals surface area contributed by atoms with Crippen molar-refractivity contribution in [3.8, 4) is 0 Å². The Balaban J connectivity index is 1.66. The second-order valence-corrected chi connectivity index (χ2v) is 11.0. The van der Waals surface area contributed by atoms with Crippen molar-refractivity contribution in [3.05, 3.63) is 66.2 Å². The van der Waals surface area contributed by atoms with Crippen LogP contribution in [-0.2, 0) is 20.8 Å². The number of Topliss-reactive ketones (excluding diaryl/α,β-unsaturated/α-hetero) is 1. The van der Waals surface area contributed by atoms with Crippen LogP contribution in [0.4, 0.5) is 5.69 Å². The van der Waals surface area contributed by atoms with E-state index >= 15 is 0 Å². The molecule has 2 aromatic rings. The maximum atomic E-state index is 13.8. The van der Waals surface area contributed by atoms with E-state index in [1.54, 1.807) is 38.1 Å². The van der Waals surface area contributed by atoms with Crippen molar-refractivity contribution in [1.29, 1.82) is 0 Å². The van der Waals surface area contributed by atoms with Crippen molar-refractivity contribution < 1.29 is 19.5 Å². The summed E-state index contributed by atoms with van der Waals surface area (Å²) in [6.45, 7) is 5.73. The average molecular weight is 492 g/mol. The summed E-state index contributed by atoms with van der Waals surface area (Å²) in [5.41, 5.74) is 1.10. The Kier molecular flexibility index (Phi) is 9.61. The average Bonchev–Trinajstić information content (AvgIpc) is 3.29. The van der Waals surface area contributed by atoms with Crippen molar-refractivity contribution in [1.82, 2.24) is 4.48 Å². The molecule has 5 heteroatoms. The number of carboxylic acid groups (broad SMARTS) is 1. The monoisotopic (exact) mass is 491 g/mol. The molecule has 0 saturated carbocycles. The van der Waals surface area contributed by atoms with Crippen LogP contribution < -0.4 is 9.59 Å². The number of hydrogen-bond donors (Lipinski definition) is 0. The fraction of sp³-hybridized carbons (Fsp3) is 0.516. The summed E-state index contributed by atoms with van der Waals surface area (Å²) in [7, 11) is 0. The fourth-order valence-electron chi connectivity index (χ4n) is 5.48. The lowest BCUT2D eigenvalue weighted by Crippen LogP contribution is -2.66. The Morgan fingerprint density at radius 3 is 2.08 bits per heavy atom. The Labute approximate surface area is 216 Å². The van der Waals surface area contributed by atoms with Crippen LogP contribution in [0, 0.1) is 11.3 Å². The summed E-state index contributed by atoms with van der Waals surface area (Å²) < 4.78 is -0.451. The molecule has 0 aliphatic carbocycles. The van der Waals surface area contributed by atoms with Crippen LogP contribution in [0.5, 0.6) is 0 Å². The second-order valence-electron chi connectivity index (χ2n) is 11.0. The molecule has 5 nitrogen and oxygen atoms in total. The first-order valence-corrected chi connectivity index (χ1v) is 13.5. The Hall–Kier alpha value is -2.79. The fourth-order valence-corrected chi connectivity index (χ4v) is 5.48. The summed E-state index contributed by atoms with van der Waals surface area (Å²) >= 11 is 0. The highest BCUT2D eigenvalue weighted by Crippen LogP contribution is 2.41. The van der Waals surface area contributed by atoms with Gasteiger partial charge in [0.25, 0.3) is 5.78 Å². The lowest BCUT2D eigenvalue weighted by Gasteiger charge is -2.38. The number of carboxylic acids is 1. The zero-order valence-corrected chi connectivity index (χ0v) is 22.1. The van der Waals surface area contributed by atoms with E-state index in [4.69, 9.17) is 0 Å². The van der Waals surface area contributed by atoms with Gasteiger partial charge in [0.1, 0.15) is 17.7 Å². The highest BCUT2D eigenvalue weighted by Gasteiger charge is 2.57. The first-order valence-electron chi connectivity index (χ1n) is 13.5. The highest BCUT2D eigenvalue weighted by atomic mass is 16.4. The van der Waals surface area contributed by atoms with Gasteiger partial charge in [0.15, 0.2) is 0 Å². The van der Waals surface area contributed by atoms with E-state index in [0.29, 0.717) is 25.1 Å². The quantitative estimate of drug-likeness (QED) is 0.218. The largest absolute Gasteiger partial charge is 0.544 e. The van der Waals surface area contributed by atoms with Gasteiger partial charge in [-0.05, 0) is 43.4 Å². The molecule has 1 saturated heterocycles. The highest BCUT2D eigenvalue weighted by molar-refractivity contribution is 6.41. The number of para-hydroxylation sites is 1. The van der Waals surface area contributed by atoms with Crippen LogP contribution in [-0.4, -0.2) is 30.2 Å². The predicted octanol–water partition coefficient (Wildman–Crippen LogP) is 5.25. The Morgan fingerprint density at radius 2 is 1.47 bits per heavy atom. The van der Waals surface area contributed by atoms with Crippen molar-refractivity contribution in [2.45, 2.75) is 84.6 Å². The van der Waals surface area contributed by atoms with E-state index in [9.17, 15) is 19.5 Å². The van der Waals surface area contributed by atoms with Crippen LogP contribution in [0.1, 0.15) is 77.7 Å². The topological polar surface area (TPSA) is 74.3 Å². The van der Waals surface area contributed by atoms with Gasteiger partial charge in [-0.15, -0.1) is 0 Å². The van der Waals surface area contributed by atoms with Crippen molar-refractivity contribution >= 4 is 23.3 Å². The van der Waals surface area contributed by atoms with Crippen LogP contribution >= 0.6 is 0 Å². The van der Waals surface area contributed by atoms with Gasteiger partial charge in [0.05, 0.1) is 6.54 Å². The third-order valence-electron chi connectivity index (χ3n) is 8.10. The number of aliphatic carboxylic acids is 1. The maximum Gasteiger partial charge on any atom is 0.387 e. The van der Waals surface area contributed by atoms with Crippen LogP contribution in [0.2, 0.25) is 0 Å². The van der Waals surface area contributed by atoms with Crippen molar-refractivity contribution in [3.63, 3.8) is 0 Å². The van der Waals surface area contributed by atoms with Crippen molar-refractivity contribution in [2.75, 3.05) is 6.54 Å². The third kappa shape index (κ3) is 6.31. The summed E-state index contributed by atoms with van der Waals surface area (Å²) in [6, 6.07) is 18.5. The minimum Gasteiger partial charge on any atom is -0.544 e. The van der Waals surface area contributed by atoms with E-state index in [2.05, 4.69) is 24.3 Å². The molecule has 1 aliphatic heterocycles. The summed E-state index contributed by atoms with van der Waals surface area (Å²) in [4.78, 5) is 39.5. The number of benzene rings is 2. The molecule has 194 valence electrons. The molecule has 1 aliphatic rings. The SMILES string of the molecule is CCC(C)(C)C(=O)C(=O)[N+]1(c2ccccc2)CC(CCCCCCCc2ccccc2)C[C@H]1C(=O)[O-]. The van der Waals surface area contributed by atoms with Crippen molar-refractivity contribution in [2.24, 2.45) is 11.3 Å². The Bertz CT molecular complexity index is 1020. The van der Waals surface area contributed by atoms with E-state index in [0.717, 1.165) is 38.5 Å². The molecule has 1 heterocycles. The van der Waals surface area contributed by atoms with Gasteiger partial charge in [-0.1, -0.05) is 95.0 Å². The molecule has 3 atom stereocenters. The van der Waals surface area contributed by atoms with Gasteiger partial charge in [-0.3, -0.25) is 4.79 Å².